The van der Waals surface area contributed by atoms with Gasteiger partial charge in [0, 0.05) is 17.7 Å². The van der Waals surface area contributed by atoms with E-state index in [0.717, 1.165) is 24.6 Å². The summed E-state index contributed by atoms with van der Waals surface area (Å²) in [6.45, 7) is 4.05. The molecule has 116 valence electrons. The van der Waals surface area contributed by atoms with Crippen molar-refractivity contribution in [3.8, 4) is 0 Å². The van der Waals surface area contributed by atoms with Crippen LogP contribution in [0.15, 0.2) is 24.3 Å². The highest BCUT2D eigenvalue weighted by atomic mass is 35.5. The number of benzene rings is 1. The molecule has 1 aromatic rings. The predicted octanol–water partition coefficient (Wildman–Crippen LogP) is 4.73. The number of halogens is 1. The standard InChI is InChI=1S/C18H26ClNO/c1-2-20-17(15-7-3-4-8-16(15)19)14-9-12-21-18(13-14)10-5-6-11-18/h3-4,7-8,14,17,20H,2,5-6,9-13H2,1H3. The monoisotopic (exact) mass is 307 g/mol. The van der Waals surface area contributed by atoms with Crippen LogP contribution in [0.25, 0.3) is 0 Å². The van der Waals surface area contributed by atoms with Crippen LogP contribution in [-0.2, 0) is 4.74 Å². The molecule has 0 aromatic heterocycles. The van der Waals surface area contributed by atoms with Crippen LogP contribution in [0.1, 0.15) is 57.1 Å². The Labute approximate surface area is 133 Å². The van der Waals surface area contributed by atoms with Crippen molar-refractivity contribution < 1.29 is 4.74 Å². The minimum Gasteiger partial charge on any atom is -0.375 e. The van der Waals surface area contributed by atoms with Crippen molar-refractivity contribution in [1.82, 2.24) is 5.32 Å². The van der Waals surface area contributed by atoms with Gasteiger partial charge in [-0.05, 0) is 49.8 Å². The maximum Gasteiger partial charge on any atom is 0.0686 e. The lowest BCUT2D eigenvalue weighted by molar-refractivity contribution is -0.0981. The topological polar surface area (TPSA) is 21.3 Å². The second kappa shape index (κ2) is 6.68. The number of ether oxygens (including phenoxy) is 1. The Balaban J connectivity index is 1.82. The molecule has 1 aromatic carbocycles. The number of nitrogens with one attached hydrogen (secondary N) is 1. The maximum atomic E-state index is 6.45. The number of hydrogen-bond donors (Lipinski definition) is 1. The van der Waals surface area contributed by atoms with Gasteiger partial charge in [0.05, 0.1) is 5.60 Å². The first-order chi connectivity index (χ1) is 10.2. The Morgan fingerprint density at radius 2 is 2.10 bits per heavy atom. The summed E-state index contributed by atoms with van der Waals surface area (Å²) in [5, 5.41) is 4.56. The van der Waals surface area contributed by atoms with Crippen LogP contribution in [0.5, 0.6) is 0 Å². The molecule has 1 heterocycles. The molecule has 2 nitrogen and oxygen atoms in total. The van der Waals surface area contributed by atoms with E-state index in [4.69, 9.17) is 16.3 Å². The van der Waals surface area contributed by atoms with Crippen molar-refractivity contribution in [3.63, 3.8) is 0 Å². The molecule has 1 aliphatic heterocycles. The van der Waals surface area contributed by atoms with Crippen LogP contribution in [0.4, 0.5) is 0 Å². The summed E-state index contributed by atoms with van der Waals surface area (Å²) in [6.07, 6.45) is 7.44. The molecule has 1 saturated carbocycles. The summed E-state index contributed by atoms with van der Waals surface area (Å²) >= 11 is 6.45. The molecule has 0 amide bonds. The molecule has 0 radical (unpaired) electrons. The minimum absolute atomic E-state index is 0.165. The van der Waals surface area contributed by atoms with Crippen molar-refractivity contribution in [1.29, 1.82) is 0 Å². The largest absolute Gasteiger partial charge is 0.375 e. The zero-order valence-electron chi connectivity index (χ0n) is 12.9. The van der Waals surface area contributed by atoms with E-state index in [9.17, 15) is 0 Å². The molecule has 1 spiro atoms. The minimum atomic E-state index is 0.165. The maximum absolute atomic E-state index is 6.45. The molecule has 21 heavy (non-hydrogen) atoms. The van der Waals surface area contributed by atoms with Gasteiger partial charge in [-0.3, -0.25) is 0 Å². The van der Waals surface area contributed by atoms with E-state index < -0.39 is 0 Å². The van der Waals surface area contributed by atoms with Gasteiger partial charge in [-0.2, -0.15) is 0 Å². The third kappa shape index (κ3) is 3.28. The molecular weight excluding hydrogens is 282 g/mol. The lowest BCUT2D eigenvalue weighted by Crippen LogP contribution is -2.42. The molecule has 2 unspecified atom stereocenters. The summed E-state index contributed by atoms with van der Waals surface area (Å²) < 4.78 is 6.19. The van der Waals surface area contributed by atoms with Crippen molar-refractivity contribution in [2.24, 2.45) is 5.92 Å². The van der Waals surface area contributed by atoms with E-state index in [1.807, 2.05) is 12.1 Å². The van der Waals surface area contributed by atoms with E-state index in [-0.39, 0.29) is 5.60 Å². The fraction of sp³-hybridized carbons (Fsp3) is 0.667. The Hall–Kier alpha value is -0.570. The molecular formula is C18H26ClNO. The van der Waals surface area contributed by atoms with Gasteiger partial charge in [-0.1, -0.05) is 49.6 Å². The normalized spacial score (nSPS) is 26.1. The molecule has 3 rings (SSSR count). The highest BCUT2D eigenvalue weighted by molar-refractivity contribution is 6.31. The highest BCUT2D eigenvalue weighted by Gasteiger charge is 2.42. The quantitative estimate of drug-likeness (QED) is 0.868. The fourth-order valence-electron chi connectivity index (χ4n) is 4.20. The third-order valence-corrected chi connectivity index (χ3v) is 5.53. The average Bonchev–Trinajstić information content (AvgIpc) is 2.93. The zero-order valence-corrected chi connectivity index (χ0v) is 13.7. The summed E-state index contributed by atoms with van der Waals surface area (Å²) in [4.78, 5) is 0. The smallest absolute Gasteiger partial charge is 0.0686 e. The van der Waals surface area contributed by atoms with Gasteiger partial charge in [0.15, 0.2) is 0 Å². The Kier molecular flexibility index (Phi) is 4.88. The Morgan fingerprint density at radius 1 is 1.33 bits per heavy atom. The average molecular weight is 308 g/mol. The van der Waals surface area contributed by atoms with Crippen LogP contribution < -0.4 is 5.32 Å². The summed E-state index contributed by atoms with van der Waals surface area (Å²) in [5.41, 5.74) is 1.42. The first-order valence-electron chi connectivity index (χ1n) is 8.36. The SMILES string of the molecule is CCNC(c1ccccc1Cl)C1CCOC2(CCCC2)C1. The van der Waals surface area contributed by atoms with Gasteiger partial charge < -0.3 is 10.1 Å². The van der Waals surface area contributed by atoms with E-state index >= 15 is 0 Å². The number of rotatable bonds is 4. The number of hydrogen-bond acceptors (Lipinski definition) is 2. The van der Waals surface area contributed by atoms with Crippen LogP contribution >= 0.6 is 11.6 Å². The van der Waals surface area contributed by atoms with E-state index in [1.54, 1.807) is 0 Å². The summed E-state index contributed by atoms with van der Waals surface area (Å²) in [7, 11) is 0. The molecule has 2 atom stereocenters. The Morgan fingerprint density at radius 3 is 2.81 bits per heavy atom. The Bertz CT molecular complexity index is 470. The van der Waals surface area contributed by atoms with Gasteiger partial charge in [0.2, 0.25) is 0 Å². The first-order valence-corrected chi connectivity index (χ1v) is 8.74. The second-order valence-corrected chi connectivity index (χ2v) is 6.96. The first kappa shape index (κ1) is 15.3. The van der Waals surface area contributed by atoms with Crippen LogP contribution in [-0.4, -0.2) is 18.8 Å². The third-order valence-electron chi connectivity index (χ3n) is 5.18. The predicted molar refractivity (Wildman–Crippen MR) is 87.7 cm³/mol. The van der Waals surface area contributed by atoms with Gasteiger partial charge in [-0.15, -0.1) is 0 Å². The van der Waals surface area contributed by atoms with Crippen LogP contribution in [0.2, 0.25) is 5.02 Å². The van der Waals surface area contributed by atoms with E-state index in [1.165, 1.54) is 37.7 Å². The molecule has 2 fully saturated rings. The lowest BCUT2D eigenvalue weighted by Gasteiger charge is -2.42. The van der Waals surface area contributed by atoms with Crippen molar-refractivity contribution in [2.45, 2.75) is 57.1 Å². The molecule has 0 bridgehead atoms. The molecule has 2 aliphatic rings. The molecule has 3 heteroatoms. The van der Waals surface area contributed by atoms with Crippen molar-refractivity contribution >= 4 is 11.6 Å². The fourth-order valence-corrected chi connectivity index (χ4v) is 4.45. The summed E-state index contributed by atoms with van der Waals surface area (Å²) in [6, 6.07) is 8.64. The van der Waals surface area contributed by atoms with Gasteiger partial charge >= 0.3 is 0 Å². The second-order valence-electron chi connectivity index (χ2n) is 6.55. The lowest BCUT2D eigenvalue weighted by atomic mass is 9.78. The van der Waals surface area contributed by atoms with Gasteiger partial charge in [0.1, 0.15) is 0 Å². The summed E-state index contributed by atoms with van der Waals surface area (Å²) in [5.74, 6) is 0.622. The highest BCUT2D eigenvalue weighted by Crippen LogP contribution is 2.46. The molecule has 1 N–H and O–H groups in total. The van der Waals surface area contributed by atoms with Crippen molar-refractivity contribution in [3.05, 3.63) is 34.9 Å². The molecule has 1 aliphatic carbocycles. The van der Waals surface area contributed by atoms with E-state index in [0.29, 0.717) is 12.0 Å². The van der Waals surface area contributed by atoms with Gasteiger partial charge in [-0.25, -0.2) is 0 Å². The van der Waals surface area contributed by atoms with Crippen LogP contribution in [0, 0.1) is 5.92 Å². The zero-order chi connectivity index (χ0) is 14.7. The molecule has 1 saturated heterocycles. The van der Waals surface area contributed by atoms with Gasteiger partial charge in [0.25, 0.3) is 0 Å². The van der Waals surface area contributed by atoms with Crippen molar-refractivity contribution in [2.75, 3.05) is 13.2 Å². The van der Waals surface area contributed by atoms with E-state index in [2.05, 4.69) is 24.4 Å². The van der Waals surface area contributed by atoms with Crippen LogP contribution in [0.3, 0.4) is 0 Å².